The lowest BCUT2D eigenvalue weighted by atomic mass is 10.2. The zero-order valence-electron chi connectivity index (χ0n) is 11.2. The van der Waals surface area contributed by atoms with Gasteiger partial charge >= 0.3 is 6.03 Å². The van der Waals surface area contributed by atoms with Gasteiger partial charge in [-0.15, -0.1) is 0 Å². The quantitative estimate of drug-likeness (QED) is 0.841. The Morgan fingerprint density at radius 3 is 2.56 bits per heavy atom. The first-order valence-electron chi connectivity index (χ1n) is 6.09. The lowest BCUT2D eigenvalue weighted by molar-refractivity contribution is 0.217. The summed E-state index contributed by atoms with van der Waals surface area (Å²) in [5.74, 6) is 0.624. The summed E-state index contributed by atoms with van der Waals surface area (Å²) in [7, 11) is 1.57. The van der Waals surface area contributed by atoms with Crippen LogP contribution in [-0.4, -0.2) is 31.1 Å². The number of benzene rings is 1. The van der Waals surface area contributed by atoms with E-state index in [1.165, 1.54) is 0 Å². The van der Waals surface area contributed by atoms with E-state index in [4.69, 9.17) is 10.5 Å². The predicted molar refractivity (Wildman–Crippen MR) is 72.8 cm³/mol. The number of hydrogen-bond acceptors (Lipinski definition) is 3. The van der Waals surface area contributed by atoms with Gasteiger partial charge < -0.3 is 20.7 Å². The summed E-state index contributed by atoms with van der Waals surface area (Å²) in [4.78, 5) is 13.6. The third kappa shape index (κ3) is 3.37. The minimum Gasteiger partial charge on any atom is -0.495 e. The van der Waals surface area contributed by atoms with Crippen LogP contribution in [0.2, 0.25) is 0 Å². The number of methoxy groups -OCH3 is 1. The molecule has 0 atom stereocenters. The Morgan fingerprint density at radius 2 is 2.06 bits per heavy atom. The van der Waals surface area contributed by atoms with Gasteiger partial charge in [0.1, 0.15) is 5.75 Å². The van der Waals surface area contributed by atoms with Crippen molar-refractivity contribution in [3.63, 3.8) is 0 Å². The molecule has 0 fully saturated rings. The molecule has 0 aliphatic rings. The number of hydrogen-bond donors (Lipinski definition) is 2. The zero-order chi connectivity index (χ0) is 13.5. The highest BCUT2D eigenvalue weighted by atomic mass is 16.5. The Bertz CT molecular complexity index is 403. The summed E-state index contributed by atoms with van der Waals surface area (Å²) in [5, 5.41) is 2.84. The first-order chi connectivity index (χ1) is 8.65. The van der Waals surface area contributed by atoms with Crippen molar-refractivity contribution in [2.45, 2.75) is 20.4 Å². The third-order valence-corrected chi connectivity index (χ3v) is 2.79. The van der Waals surface area contributed by atoms with E-state index in [2.05, 4.69) is 5.32 Å². The molecule has 0 aliphatic carbocycles. The highest BCUT2D eigenvalue weighted by Crippen LogP contribution is 2.25. The van der Waals surface area contributed by atoms with Crippen LogP contribution >= 0.6 is 0 Å². The van der Waals surface area contributed by atoms with Crippen molar-refractivity contribution in [1.29, 1.82) is 0 Å². The van der Waals surface area contributed by atoms with Gasteiger partial charge in [-0.3, -0.25) is 0 Å². The monoisotopic (exact) mass is 251 g/mol. The lowest BCUT2D eigenvalue weighted by Crippen LogP contribution is -2.34. The molecular weight excluding hydrogens is 230 g/mol. The van der Waals surface area contributed by atoms with Gasteiger partial charge in [-0.2, -0.15) is 0 Å². The van der Waals surface area contributed by atoms with Gasteiger partial charge in [0.25, 0.3) is 0 Å². The van der Waals surface area contributed by atoms with Gasteiger partial charge in [0, 0.05) is 19.6 Å². The maximum absolute atomic E-state index is 11.9. The van der Waals surface area contributed by atoms with E-state index in [-0.39, 0.29) is 6.03 Å². The average molecular weight is 251 g/mol. The molecule has 0 aliphatic heterocycles. The highest BCUT2D eigenvalue weighted by molar-refractivity contribution is 5.91. The summed E-state index contributed by atoms with van der Waals surface area (Å²) < 4.78 is 5.25. The summed E-state index contributed by atoms with van der Waals surface area (Å²) in [6.07, 6.45) is 0. The van der Waals surface area contributed by atoms with Crippen LogP contribution in [0.3, 0.4) is 0 Å². The van der Waals surface area contributed by atoms with Gasteiger partial charge in [-0.1, -0.05) is 6.07 Å². The normalized spacial score (nSPS) is 10.0. The predicted octanol–water partition coefficient (Wildman–Crippen LogP) is 2.03. The molecule has 2 amide bonds. The van der Waals surface area contributed by atoms with Gasteiger partial charge in [0.15, 0.2) is 0 Å². The maximum atomic E-state index is 11.9. The second-order valence-corrected chi connectivity index (χ2v) is 3.84. The molecule has 0 saturated heterocycles. The third-order valence-electron chi connectivity index (χ3n) is 2.79. The first kappa shape index (κ1) is 14.3. The van der Waals surface area contributed by atoms with E-state index in [0.29, 0.717) is 31.1 Å². The van der Waals surface area contributed by atoms with Crippen LogP contribution in [0.15, 0.2) is 18.2 Å². The van der Waals surface area contributed by atoms with Crippen LogP contribution in [-0.2, 0) is 6.54 Å². The topological polar surface area (TPSA) is 67.6 Å². The molecule has 0 bridgehead atoms. The number of anilines is 1. The number of nitrogens with one attached hydrogen (secondary N) is 1. The van der Waals surface area contributed by atoms with Crippen LogP contribution in [0.4, 0.5) is 10.5 Å². The van der Waals surface area contributed by atoms with Crippen molar-refractivity contribution in [3.8, 4) is 5.75 Å². The van der Waals surface area contributed by atoms with Gasteiger partial charge in [-0.25, -0.2) is 4.79 Å². The molecule has 0 aromatic heterocycles. The Labute approximate surface area is 108 Å². The SMILES string of the molecule is CCN(CC)C(=O)Nc1ccc(CN)cc1OC. The largest absolute Gasteiger partial charge is 0.495 e. The molecule has 0 radical (unpaired) electrons. The van der Waals surface area contributed by atoms with Crippen molar-refractivity contribution >= 4 is 11.7 Å². The molecule has 0 spiro atoms. The van der Waals surface area contributed by atoms with Crippen molar-refractivity contribution in [2.24, 2.45) is 5.73 Å². The smallest absolute Gasteiger partial charge is 0.321 e. The molecule has 1 aromatic carbocycles. The fourth-order valence-corrected chi connectivity index (χ4v) is 1.67. The summed E-state index contributed by atoms with van der Waals surface area (Å²) in [5.41, 5.74) is 7.19. The van der Waals surface area contributed by atoms with Crippen molar-refractivity contribution in [2.75, 3.05) is 25.5 Å². The molecule has 3 N–H and O–H groups in total. The minimum absolute atomic E-state index is 0.126. The molecule has 18 heavy (non-hydrogen) atoms. The Kier molecular flexibility index (Phi) is 5.45. The minimum atomic E-state index is -0.126. The lowest BCUT2D eigenvalue weighted by Gasteiger charge is -2.20. The number of urea groups is 1. The number of rotatable bonds is 5. The first-order valence-corrected chi connectivity index (χ1v) is 6.09. The second-order valence-electron chi connectivity index (χ2n) is 3.84. The van der Waals surface area contributed by atoms with E-state index in [0.717, 1.165) is 5.56 Å². The fraction of sp³-hybridized carbons (Fsp3) is 0.462. The van der Waals surface area contributed by atoms with Gasteiger partial charge in [0.2, 0.25) is 0 Å². The standard InChI is InChI=1S/C13H21N3O2/c1-4-16(5-2)13(17)15-11-7-6-10(9-14)8-12(11)18-3/h6-8H,4-5,9,14H2,1-3H3,(H,15,17). The molecule has 0 unspecified atom stereocenters. The summed E-state index contributed by atoms with van der Waals surface area (Å²) in [6.45, 7) is 5.67. The van der Waals surface area contributed by atoms with E-state index in [1.807, 2.05) is 32.0 Å². The van der Waals surface area contributed by atoms with Gasteiger partial charge in [0.05, 0.1) is 12.8 Å². The Hall–Kier alpha value is -1.75. The molecular formula is C13H21N3O2. The summed E-state index contributed by atoms with van der Waals surface area (Å²) >= 11 is 0. The van der Waals surface area contributed by atoms with Crippen LogP contribution in [0.5, 0.6) is 5.75 Å². The summed E-state index contributed by atoms with van der Waals surface area (Å²) in [6, 6.07) is 5.39. The van der Waals surface area contributed by atoms with Crippen LogP contribution in [0.1, 0.15) is 19.4 Å². The number of carbonyl (C=O) groups is 1. The molecule has 5 heteroatoms. The average Bonchev–Trinajstić information content (AvgIpc) is 2.40. The second kappa shape index (κ2) is 6.86. The number of nitrogens with zero attached hydrogens (tertiary/aromatic N) is 1. The molecule has 1 rings (SSSR count). The fourth-order valence-electron chi connectivity index (χ4n) is 1.67. The maximum Gasteiger partial charge on any atom is 0.321 e. The van der Waals surface area contributed by atoms with Gasteiger partial charge in [-0.05, 0) is 31.5 Å². The molecule has 100 valence electrons. The molecule has 0 heterocycles. The number of nitrogens with two attached hydrogens (primary N) is 1. The van der Waals surface area contributed by atoms with Crippen molar-refractivity contribution in [3.05, 3.63) is 23.8 Å². The van der Waals surface area contributed by atoms with E-state index in [1.54, 1.807) is 12.0 Å². The van der Waals surface area contributed by atoms with Crippen LogP contribution in [0.25, 0.3) is 0 Å². The van der Waals surface area contributed by atoms with E-state index < -0.39 is 0 Å². The highest BCUT2D eigenvalue weighted by Gasteiger charge is 2.12. The molecule has 1 aromatic rings. The van der Waals surface area contributed by atoms with E-state index >= 15 is 0 Å². The van der Waals surface area contributed by atoms with Crippen molar-refractivity contribution in [1.82, 2.24) is 4.90 Å². The molecule has 0 saturated carbocycles. The van der Waals surface area contributed by atoms with E-state index in [9.17, 15) is 4.79 Å². The Balaban J connectivity index is 2.86. The van der Waals surface area contributed by atoms with Crippen molar-refractivity contribution < 1.29 is 9.53 Å². The van der Waals surface area contributed by atoms with Crippen LogP contribution < -0.4 is 15.8 Å². The number of amides is 2. The zero-order valence-corrected chi connectivity index (χ0v) is 11.2. The number of ether oxygens (including phenoxy) is 1. The van der Waals surface area contributed by atoms with Crippen LogP contribution in [0, 0.1) is 0 Å². The molecule has 5 nitrogen and oxygen atoms in total. The Morgan fingerprint density at radius 1 is 1.39 bits per heavy atom. The number of carbonyl (C=O) groups excluding carboxylic acids is 1.